The number of carbonyl (C=O) groups is 2. The molecule has 0 aliphatic carbocycles. The molecule has 4 heteroatoms. The summed E-state index contributed by atoms with van der Waals surface area (Å²) in [4.78, 5) is 24.0. The fourth-order valence-corrected chi connectivity index (χ4v) is 2.43. The second-order valence-electron chi connectivity index (χ2n) is 3.79. The number of hydrogen-bond donors (Lipinski definition) is 1. The zero-order valence-electron chi connectivity index (χ0n) is 9.10. The number of Topliss-reactive ketones (excluding diaryl/α,β-unsaturated/α-hetero) is 1. The van der Waals surface area contributed by atoms with E-state index in [1.165, 1.54) is 6.20 Å². The zero-order valence-corrected chi connectivity index (χ0v) is 10.7. The fourth-order valence-electron chi connectivity index (χ4n) is 2.02. The zero-order chi connectivity index (χ0) is 11.5. The standard InChI is InChI=1S/C11H16BrNO2/c1-3-5-11(4-2)9(14)8(6-12)7-13-10(11)15/h7H,3-6H2,1-2H3,(H,13,15). The van der Waals surface area contributed by atoms with Crippen molar-refractivity contribution in [3.8, 4) is 0 Å². The highest BCUT2D eigenvalue weighted by Gasteiger charge is 2.46. The third-order valence-electron chi connectivity index (χ3n) is 2.96. The lowest BCUT2D eigenvalue weighted by molar-refractivity contribution is -0.141. The highest BCUT2D eigenvalue weighted by Crippen LogP contribution is 2.35. The van der Waals surface area contributed by atoms with E-state index in [-0.39, 0.29) is 11.7 Å². The molecule has 0 aromatic heterocycles. The molecule has 1 rings (SSSR count). The van der Waals surface area contributed by atoms with Gasteiger partial charge in [0.15, 0.2) is 5.78 Å². The van der Waals surface area contributed by atoms with Gasteiger partial charge in [0.25, 0.3) is 0 Å². The van der Waals surface area contributed by atoms with E-state index in [9.17, 15) is 9.59 Å². The van der Waals surface area contributed by atoms with Crippen molar-refractivity contribution >= 4 is 27.6 Å². The van der Waals surface area contributed by atoms with Gasteiger partial charge in [-0.2, -0.15) is 0 Å². The van der Waals surface area contributed by atoms with Gasteiger partial charge in [-0.1, -0.05) is 36.2 Å². The molecule has 1 atom stereocenters. The van der Waals surface area contributed by atoms with E-state index in [4.69, 9.17) is 0 Å². The molecule has 1 heterocycles. The summed E-state index contributed by atoms with van der Waals surface area (Å²) in [6, 6.07) is 0. The number of ketones is 1. The molecule has 0 fully saturated rings. The Hall–Kier alpha value is -0.640. The maximum atomic E-state index is 12.2. The van der Waals surface area contributed by atoms with Crippen LogP contribution in [0, 0.1) is 5.41 Å². The van der Waals surface area contributed by atoms with Crippen molar-refractivity contribution in [2.75, 3.05) is 5.33 Å². The van der Waals surface area contributed by atoms with Crippen LogP contribution in [-0.2, 0) is 9.59 Å². The first kappa shape index (κ1) is 12.4. The number of amides is 1. The maximum absolute atomic E-state index is 12.2. The average molecular weight is 274 g/mol. The second kappa shape index (κ2) is 4.92. The van der Waals surface area contributed by atoms with E-state index in [1.54, 1.807) is 0 Å². The van der Waals surface area contributed by atoms with Crippen LogP contribution in [0.3, 0.4) is 0 Å². The molecule has 84 valence electrons. The monoisotopic (exact) mass is 273 g/mol. The van der Waals surface area contributed by atoms with Crippen molar-refractivity contribution in [3.63, 3.8) is 0 Å². The van der Waals surface area contributed by atoms with Crippen molar-refractivity contribution < 1.29 is 9.59 Å². The minimum absolute atomic E-state index is 0.0209. The van der Waals surface area contributed by atoms with Crippen LogP contribution in [0.1, 0.15) is 33.1 Å². The first-order valence-corrected chi connectivity index (χ1v) is 6.35. The maximum Gasteiger partial charge on any atom is 0.237 e. The third-order valence-corrected chi connectivity index (χ3v) is 3.57. The molecule has 15 heavy (non-hydrogen) atoms. The van der Waals surface area contributed by atoms with E-state index in [2.05, 4.69) is 21.2 Å². The van der Waals surface area contributed by atoms with Gasteiger partial charge >= 0.3 is 0 Å². The molecular weight excluding hydrogens is 258 g/mol. The Morgan fingerprint density at radius 2 is 2.07 bits per heavy atom. The third kappa shape index (κ3) is 2.00. The van der Waals surface area contributed by atoms with Gasteiger partial charge in [0.1, 0.15) is 5.41 Å². The lowest BCUT2D eigenvalue weighted by atomic mass is 9.72. The number of allylic oxidation sites excluding steroid dienone is 1. The summed E-state index contributed by atoms with van der Waals surface area (Å²) in [6.45, 7) is 3.88. The number of hydrogen-bond acceptors (Lipinski definition) is 2. The quantitative estimate of drug-likeness (QED) is 0.630. The Morgan fingerprint density at radius 3 is 2.53 bits per heavy atom. The number of rotatable bonds is 4. The van der Waals surface area contributed by atoms with Crippen LogP contribution in [0.5, 0.6) is 0 Å². The predicted molar refractivity (Wildman–Crippen MR) is 62.7 cm³/mol. The van der Waals surface area contributed by atoms with Crippen LogP contribution in [0.15, 0.2) is 11.8 Å². The van der Waals surface area contributed by atoms with E-state index in [0.717, 1.165) is 6.42 Å². The van der Waals surface area contributed by atoms with E-state index < -0.39 is 5.41 Å². The van der Waals surface area contributed by atoms with Crippen LogP contribution >= 0.6 is 15.9 Å². The molecule has 0 saturated carbocycles. The molecule has 0 aromatic carbocycles. The molecule has 1 amide bonds. The van der Waals surface area contributed by atoms with Crippen LogP contribution in [0.25, 0.3) is 0 Å². The number of halogens is 1. The van der Waals surface area contributed by atoms with Crippen LogP contribution in [0.2, 0.25) is 0 Å². The minimum atomic E-state index is -0.827. The molecule has 0 bridgehead atoms. The van der Waals surface area contributed by atoms with Crippen LogP contribution in [-0.4, -0.2) is 17.0 Å². The van der Waals surface area contributed by atoms with Gasteiger partial charge in [-0.25, -0.2) is 0 Å². The Kier molecular flexibility index (Phi) is 4.08. The van der Waals surface area contributed by atoms with E-state index in [0.29, 0.717) is 23.7 Å². The molecule has 0 radical (unpaired) electrons. The molecule has 0 saturated heterocycles. The first-order chi connectivity index (χ1) is 7.12. The van der Waals surface area contributed by atoms with Crippen molar-refractivity contribution in [1.82, 2.24) is 5.32 Å². The molecule has 0 spiro atoms. The van der Waals surface area contributed by atoms with Gasteiger partial charge in [-0.3, -0.25) is 9.59 Å². The van der Waals surface area contributed by atoms with E-state index >= 15 is 0 Å². The Bertz CT molecular complexity index is 312. The van der Waals surface area contributed by atoms with Gasteiger partial charge in [0.2, 0.25) is 5.91 Å². The Morgan fingerprint density at radius 1 is 1.40 bits per heavy atom. The molecule has 1 unspecified atom stereocenters. The highest BCUT2D eigenvalue weighted by atomic mass is 79.9. The fraction of sp³-hybridized carbons (Fsp3) is 0.636. The summed E-state index contributed by atoms with van der Waals surface area (Å²) in [5, 5.41) is 3.19. The summed E-state index contributed by atoms with van der Waals surface area (Å²) in [6.07, 6.45) is 3.54. The summed E-state index contributed by atoms with van der Waals surface area (Å²) in [5.41, 5.74) is -0.169. The van der Waals surface area contributed by atoms with Crippen molar-refractivity contribution in [1.29, 1.82) is 0 Å². The minimum Gasteiger partial charge on any atom is -0.331 e. The molecule has 1 N–H and O–H groups in total. The first-order valence-electron chi connectivity index (χ1n) is 5.23. The van der Waals surface area contributed by atoms with Crippen molar-refractivity contribution in [3.05, 3.63) is 11.8 Å². The van der Waals surface area contributed by atoms with Gasteiger partial charge in [0.05, 0.1) is 0 Å². The topological polar surface area (TPSA) is 46.2 Å². The SMILES string of the molecule is CCCC1(CC)C(=O)NC=C(CBr)C1=O. The molecule has 0 aromatic rings. The number of carbonyl (C=O) groups excluding carboxylic acids is 2. The summed E-state index contributed by atoms with van der Waals surface area (Å²) >= 11 is 3.26. The predicted octanol–water partition coefficient (Wildman–Crippen LogP) is 2.16. The average Bonchev–Trinajstić information content (AvgIpc) is 2.24. The van der Waals surface area contributed by atoms with Gasteiger partial charge < -0.3 is 5.32 Å². The lowest BCUT2D eigenvalue weighted by Gasteiger charge is -2.32. The molecule has 1 aliphatic heterocycles. The smallest absolute Gasteiger partial charge is 0.237 e. The Labute approximate surface area is 98.4 Å². The lowest BCUT2D eigenvalue weighted by Crippen LogP contribution is -2.49. The van der Waals surface area contributed by atoms with Crippen LogP contribution in [0.4, 0.5) is 0 Å². The van der Waals surface area contributed by atoms with Crippen molar-refractivity contribution in [2.45, 2.75) is 33.1 Å². The van der Waals surface area contributed by atoms with Gasteiger partial charge in [0, 0.05) is 17.1 Å². The summed E-state index contributed by atoms with van der Waals surface area (Å²) in [5.74, 6) is -0.172. The highest BCUT2D eigenvalue weighted by molar-refractivity contribution is 9.09. The van der Waals surface area contributed by atoms with Crippen LogP contribution < -0.4 is 5.32 Å². The molecule has 3 nitrogen and oxygen atoms in total. The number of alkyl halides is 1. The summed E-state index contributed by atoms with van der Waals surface area (Å²) < 4.78 is 0. The molecule has 1 aliphatic rings. The normalized spacial score (nSPS) is 26.2. The Balaban J connectivity index is 3.09. The van der Waals surface area contributed by atoms with E-state index in [1.807, 2.05) is 13.8 Å². The number of nitrogens with one attached hydrogen (secondary N) is 1. The molecular formula is C11H16BrNO2. The second-order valence-corrected chi connectivity index (χ2v) is 4.35. The van der Waals surface area contributed by atoms with Crippen molar-refractivity contribution in [2.24, 2.45) is 5.41 Å². The largest absolute Gasteiger partial charge is 0.331 e. The van der Waals surface area contributed by atoms with Gasteiger partial charge in [-0.15, -0.1) is 0 Å². The summed E-state index contributed by atoms with van der Waals surface area (Å²) in [7, 11) is 0. The van der Waals surface area contributed by atoms with Gasteiger partial charge in [-0.05, 0) is 12.8 Å².